The molecule has 0 bridgehead atoms. The lowest BCUT2D eigenvalue weighted by Crippen LogP contribution is -2.41. The van der Waals surface area contributed by atoms with Gasteiger partial charge in [0, 0.05) is 31.2 Å². The fourth-order valence-electron chi connectivity index (χ4n) is 2.35. The Kier molecular flexibility index (Phi) is 7.05. The predicted octanol–water partition coefficient (Wildman–Crippen LogP) is 4.55. The highest BCUT2D eigenvalue weighted by molar-refractivity contribution is 6.42. The van der Waals surface area contributed by atoms with Crippen LogP contribution in [0.4, 0.5) is 10.5 Å². The summed E-state index contributed by atoms with van der Waals surface area (Å²) in [7, 11) is 3.95. The van der Waals surface area contributed by atoms with E-state index in [0.717, 1.165) is 12.1 Å². The van der Waals surface area contributed by atoms with Crippen LogP contribution in [0.2, 0.25) is 10.0 Å². The molecule has 1 aromatic carbocycles. The Balaban J connectivity index is 2.18. The summed E-state index contributed by atoms with van der Waals surface area (Å²) in [6, 6.07) is 8.55. The molecule has 0 fully saturated rings. The second-order valence-electron chi connectivity index (χ2n) is 6.02. The molecule has 134 valence electrons. The van der Waals surface area contributed by atoms with Gasteiger partial charge in [-0.2, -0.15) is 0 Å². The number of aromatic nitrogens is 1. The van der Waals surface area contributed by atoms with Gasteiger partial charge in [0.25, 0.3) is 0 Å². The Morgan fingerprint density at radius 1 is 1.20 bits per heavy atom. The van der Waals surface area contributed by atoms with Gasteiger partial charge in [-0.1, -0.05) is 29.3 Å². The Morgan fingerprint density at radius 3 is 2.56 bits per heavy atom. The van der Waals surface area contributed by atoms with Gasteiger partial charge in [-0.25, -0.2) is 4.79 Å². The number of hydrogen-bond acceptors (Lipinski definition) is 3. The first-order chi connectivity index (χ1) is 11.9. The van der Waals surface area contributed by atoms with Gasteiger partial charge in [0.1, 0.15) is 0 Å². The van der Waals surface area contributed by atoms with Crippen molar-refractivity contribution in [2.45, 2.75) is 13.0 Å². The molecule has 0 spiro atoms. The average molecular weight is 381 g/mol. The lowest BCUT2D eigenvalue weighted by molar-refractivity contribution is 0.185. The van der Waals surface area contributed by atoms with Crippen LogP contribution in [0, 0.1) is 0 Å². The highest BCUT2D eigenvalue weighted by Crippen LogP contribution is 2.26. The van der Waals surface area contributed by atoms with Gasteiger partial charge >= 0.3 is 6.03 Å². The molecular formula is C18H22Cl2N4O. The minimum atomic E-state index is -0.198. The number of anilines is 1. The van der Waals surface area contributed by atoms with E-state index in [2.05, 4.69) is 10.3 Å². The van der Waals surface area contributed by atoms with Crippen molar-refractivity contribution in [2.75, 3.05) is 32.5 Å². The smallest absolute Gasteiger partial charge is 0.316 e. The van der Waals surface area contributed by atoms with Gasteiger partial charge in [-0.05, 0) is 50.8 Å². The minimum absolute atomic E-state index is 0.114. The van der Waals surface area contributed by atoms with Gasteiger partial charge in [-0.3, -0.25) is 4.98 Å². The summed E-state index contributed by atoms with van der Waals surface area (Å²) in [5, 5.41) is 3.74. The van der Waals surface area contributed by atoms with Crippen molar-refractivity contribution < 1.29 is 4.79 Å². The van der Waals surface area contributed by atoms with Crippen molar-refractivity contribution in [3.05, 3.63) is 58.3 Å². The lowest BCUT2D eigenvalue weighted by Gasteiger charge is -2.30. The van der Waals surface area contributed by atoms with Crippen molar-refractivity contribution in [3.8, 4) is 0 Å². The van der Waals surface area contributed by atoms with E-state index in [0.29, 0.717) is 22.3 Å². The molecule has 2 aromatic rings. The quantitative estimate of drug-likeness (QED) is 0.799. The van der Waals surface area contributed by atoms with E-state index in [1.807, 2.05) is 38.1 Å². The van der Waals surface area contributed by atoms with E-state index >= 15 is 0 Å². The molecule has 0 saturated heterocycles. The van der Waals surface area contributed by atoms with Crippen LogP contribution in [0.1, 0.15) is 18.5 Å². The standard InChI is InChI=1S/C18H22Cl2N4O/c1-13(14-5-4-8-21-12-14)24(10-9-23(2)3)18(25)22-15-6-7-16(19)17(20)11-15/h4-8,11-13H,9-10H2,1-3H3,(H,22,25)/t13-/m0/s1. The minimum Gasteiger partial charge on any atom is -0.316 e. The molecule has 1 atom stereocenters. The van der Waals surface area contributed by atoms with Crippen LogP contribution in [0.3, 0.4) is 0 Å². The molecule has 2 amide bonds. The third kappa shape index (κ3) is 5.59. The topological polar surface area (TPSA) is 48.5 Å². The number of nitrogens with zero attached hydrogens (tertiary/aromatic N) is 3. The van der Waals surface area contributed by atoms with E-state index in [-0.39, 0.29) is 12.1 Å². The van der Waals surface area contributed by atoms with Crippen LogP contribution in [-0.2, 0) is 0 Å². The Hall–Kier alpha value is -1.82. The molecule has 0 saturated carbocycles. The molecule has 1 aromatic heterocycles. The first-order valence-electron chi connectivity index (χ1n) is 7.96. The monoisotopic (exact) mass is 380 g/mol. The number of pyridine rings is 1. The van der Waals surface area contributed by atoms with Crippen LogP contribution in [0.15, 0.2) is 42.7 Å². The zero-order chi connectivity index (χ0) is 18.4. The number of likely N-dealkylation sites (N-methyl/N-ethyl adjacent to an activating group) is 1. The molecule has 25 heavy (non-hydrogen) atoms. The van der Waals surface area contributed by atoms with Crippen molar-refractivity contribution in [3.63, 3.8) is 0 Å². The SMILES string of the molecule is C[C@@H](c1cccnc1)N(CCN(C)C)C(=O)Nc1ccc(Cl)c(Cl)c1. The maximum atomic E-state index is 12.8. The summed E-state index contributed by atoms with van der Waals surface area (Å²) in [6.45, 7) is 3.32. The van der Waals surface area contributed by atoms with Gasteiger partial charge in [0.2, 0.25) is 0 Å². The average Bonchev–Trinajstić information content (AvgIpc) is 2.58. The van der Waals surface area contributed by atoms with E-state index in [4.69, 9.17) is 23.2 Å². The molecule has 5 nitrogen and oxygen atoms in total. The molecule has 1 heterocycles. The Bertz CT molecular complexity index is 709. The molecule has 1 N–H and O–H groups in total. The Morgan fingerprint density at radius 2 is 1.96 bits per heavy atom. The van der Waals surface area contributed by atoms with E-state index in [9.17, 15) is 4.79 Å². The van der Waals surface area contributed by atoms with Gasteiger partial charge in [-0.15, -0.1) is 0 Å². The van der Waals surface area contributed by atoms with Crippen molar-refractivity contribution >= 4 is 34.9 Å². The second kappa shape index (κ2) is 9.04. The number of amides is 2. The van der Waals surface area contributed by atoms with Crippen molar-refractivity contribution in [2.24, 2.45) is 0 Å². The molecule has 0 unspecified atom stereocenters. The first-order valence-corrected chi connectivity index (χ1v) is 8.71. The number of benzene rings is 1. The summed E-state index contributed by atoms with van der Waals surface area (Å²) in [4.78, 5) is 20.8. The third-order valence-electron chi connectivity index (χ3n) is 3.85. The van der Waals surface area contributed by atoms with Gasteiger partial charge in [0.05, 0.1) is 16.1 Å². The third-order valence-corrected chi connectivity index (χ3v) is 4.59. The summed E-state index contributed by atoms with van der Waals surface area (Å²) >= 11 is 12.0. The molecular weight excluding hydrogens is 359 g/mol. The Labute approximate surface area is 158 Å². The molecule has 2 rings (SSSR count). The predicted molar refractivity (Wildman–Crippen MR) is 103 cm³/mol. The fourth-order valence-corrected chi connectivity index (χ4v) is 2.65. The fraction of sp³-hybridized carbons (Fsp3) is 0.333. The maximum Gasteiger partial charge on any atom is 0.322 e. The van der Waals surface area contributed by atoms with Crippen molar-refractivity contribution in [1.29, 1.82) is 0 Å². The summed E-state index contributed by atoms with van der Waals surface area (Å²) in [6.07, 6.45) is 3.50. The van der Waals surface area contributed by atoms with Crippen LogP contribution in [0.25, 0.3) is 0 Å². The molecule has 0 radical (unpaired) electrons. The number of nitrogens with one attached hydrogen (secondary N) is 1. The molecule has 0 aliphatic rings. The lowest BCUT2D eigenvalue weighted by atomic mass is 10.1. The van der Waals surface area contributed by atoms with Crippen LogP contribution in [0.5, 0.6) is 0 Å². The summed E-state index contributed by atoms with van der Waals surface area (Å²) in [5.41, 5.74) is 1.58. The number of carbonyl (C=O) groups is 1. The number of carbonyl (C=O) groups excluding carboxylic acids is 1. The van der Waals surface area contributed by atoms with Crippen LogP contribution >= 0.6 is 23.2 Å². The van der Waals surface area contributed by atoms with Crippen LogP contribution in [-0.4, -0.2) is 48.0 Å². The zero-order valence-corrected chi connectivity index (χ0v) is 16.1. The largest absolute Gasteiger partial charge is 0.322 e. The van der Waals surface area contributed by atoms with E-state index in [1.165, 1.54) is 0 Å². The number of halogens is 2. The normalized spacial score (nSPS) is 12.1. The van der Waals surface area contributed by atoms with Gasteiger partial charge in [0.15, 0.2) is 0 Å². The maximum absolute atomic E-state index is 12.8. The molecule has 7 heteroatoms. The van der Waals surface area contributed by atoms with E-state index < -0.39 is 0 Å². The van der Waals surface area contributed by atoms with E-state index in [1.54, 1.807) is 35.5 Å². The van der Waals surface area contributed by atoms with Crippen molar-refractivity contribution in [1.82, 2.24) is 14.8 Å². The second-order valence-corrected chi connectivity index (χ2v) is 6.83. The zero-order valence-electron chi connectivity index (χ0n) is 14.5. The summed E-state index contributed by atoms with van der Waals surface area (Å²) < 4.78 is 0. The number of hydrogen-bond donors (Lipinski definition) is 1. The summed E-state index contributed by atoms with van der Waals surface area (Å²) in [5.74, 6) is 0. The number of rotatable bonds is 6. The highest BCUT2D eigenvalue weighted by Gasteiger charge is 2.22. The highest BCUT2D eigenvalue weighted by atomic mass is 35.5. The molecule has 0 aliphatic heterocycles. The first kappa shape index (κ1) is 19.5. The van der Waals surface area contributed by atoms with Crippen LogP contribution < -0.4 is 5.32 Å². The molecule has 0 aliphatic carbocycles. The van der Waals surface area contributed by atoms with Gasteiger partial charge < -0.3 is 15.1 Å². The number of urea groups is 1.